The van der Waals surface area contributed by atoms with E-state index >= 15 is 0 Å². The van der Waals surface area contributed by atoms with Crippen LogP contribution in [0.25, 0.3) is 0 Å². The highest BCUT2D eigenvalue weighted by atomic mass is 35.5. The van der Waals surface area contributed by atoms with Crippen molar-refractivity contribution >= 4 is 37.1 Å². The number of nitrogens with one attached hydrogen (secondary N) is 3. The monoisotopic (exact) mass is 643 g/mol. The van der Waals surface area contributed by atoms with Crippen LogP contribution in [0.4, 0.5) is 4.79 Å². The number of aliphatic hydroxyl groups excluding tert-OH is 1. The van der Waals surface area contributed by atoms with E-state index in [1.165, 1.54) is 0 Å². The maximum atomic E-state index is 13.7. The molecule has 1 aromatic rings. The van der Waals surface area contributed by atoms with Gasteiger partial charge in [0.05, 0.1) is 19.3 Å². The SMILES string of the molecule is CCOP(=O)(OCC)C(O)C(CC1CC2(CCCCC2)NC1=O)NC(=O)[C@@H](CC(C)C)NC(=O)OCc1cccc(Cl)c1. The first-order chi connectivity index (χ1) is 20.4. The molecule has 2 fully saturated rings. The summed E-state index contributed by atoms with van der Waals surface area (Å²) in [7, 11) is -4.09. The van der Waals surface area contributed by atoms with Gasteiger partial charge >= 0.3 is 13.7 Å². The Morgan fingerprint density at radius 3 is 2.42 bits per heavy atom. The number of carbonyl (C=O) groups is 3. The number of carbonyl (C=O) groups excluding carboxylic acids is 3. The summed E-state index contributed by atoms with van der Waals surface area (Å²) in [4.78, 5) is 39.5. The van der Waals surface area contributed by atoms with E-state index in [2.05, 4.69) is 16.0 Å². The van der Waals surface area contributed by atoms with Crippen LogP contribution in [0.5, 0.6) is 0 Å². The zero-order chi connectivity index (χ0) is 31.6. The third-order valence-electron chi connectivity index (χ3n) is 7.95. The van der Waals surface area contributed by atoms with Gasteiger partial charge in [-0.25, -0.2) is 4.79 Å². The van der Waals surface area contributed by atoms with Crippen molar-refractivity contribution in [1.82, 2.24) is 16.0 Å². The molecule has 0 bridgehead atoms. The molecule has 3 rings (SSSR count). The lowest BCUT2D eigenvalue weighted by atomic mass is 9.78. The number of alkyl carbamates (subject to hydrolysis) is 1. The van der Waals surface area contributed by atoms with E-state index in [1.807, 2.05) is 13.8 Å². The maximum Gasteiger partial charge on any atom is 0.408 e. The number of aliphatic hydroxyl groups is 1. The van der Waals surface area contributed by atoms with Gasteiger partial charge in [-0.15, -0.1) is 0 Å². The minimum Gasteiger partial charge on any atom is -0.445 e. The van der Waals surface area contributed by atoms with Crippen molar-refractivity contribution in [1.29, 1.82) is 0 Å². The third-order valence-corrected chi connectivity index (χ3v) is 10.4. The second-order valence-electron chi connectivity index (χ2n) is 11.9. The normalized spacial score (nSPS) is 20.3. The highest BCUT2D eigenvalue weighted by Gasteiger charge is 2.48. The smallest absolute Gasteiger partial charge is 0.408 e. The molecule has 3 unspecified atom stereocenters. The summed E-state index contributed by atoms with van der Waals surface area (Å²) < 4.78 is 29.7. The Bertz CT molecular complexity index is 1140. The average molecular weight is 644 g/mol. The van der Waals surface area contributed by atoms with Crippen LogP contribution in [0.3, 0.4) is 0 Å². The quantitative estimate of drug-likeness (QED) is 0.188. The number of hydrogen-bond donors (Lipinski definition) is 4. The molecule has 3 amide bonds. The number of rotatable bonds is 15. The lowest BCUT2D eigenvalue weighted by molar-refractivity contribution is -0.126. The van der Waals surface area contributed by atoms with Gasteiger partial charge in [-0.05, 0) is 69.6 Å². The molecule has 11 nitrogen and oxygen atoms in total. The molecule has 1 heterocycles. The number of amides is 3. The zero-order valence-electron chi connectivity index (χ0n) is 25.6. The van der Waals surface area contributed by atoms with Crippen LogP contribution in [-0.2, 0) is 34.5 Å². The Morgan fingerprint density at radius 2 is 1.81 bits per heavy atom. The van der Waals surface area contributed by atoms with E-state index in [9.17, 15) is 24.1 Å². The van der Waals surface area contributed by atoms with Crippen LogP contribution in [0, 0.1) is 11.8 Å². The van der Waals surface area contributed by atoms with Crippen LogP contribution in [-0.4, -0.2) is 59.7 Å². The Labute approximate surface area is 259 Å². The van der Waals surface area contributed by atoms with Gasteiger partial charge < -0.3 is 34.8 Å². The van der Waals surface area contributed by atoms with Crippen LogP contribution in [0.2, 0.25) is 5.02 Å². The van der Waals surface area contributed by atoms with Crippen LogP contribution in [0.15, 0.2) is 24.3 Å². The molecular formula is C30H47ClN3O8P. The predicted molar refractivity (Wildman–Crippen MR) is 163 cm³/mol. The van der Waals surface area contributed by atoms with Crippen LogP contribution < -0.4 is 16.0 Å². The summed E-state index contributed by atoms with van der Waals surface area (Å²) in [6.45, 7) is 7.03. The molecule has 1 aliphatic heterocycles. The largest absolute Gasteiger partial charge is 0.445 e. The molecular weight excluding hydrogens is 597 g/mol. The Balaban J connectivity index is 1.78. The molecule has 43 heavy (non-hydrogen) atoms. The van der Waals surface area contributed by atoms with Gasteiger partial charge in [0.2, 0.25) is 11.8 Å². The molecule has 1 aliphatic carbocycles. The fourth-order valence-corrected chi connectivity index (χ4v) is 7.95. The summed E-state index contributed by atoms with van der Waals surface area (Å²) >= 11 is 6.01. The van der Waals surface area contributed by atoms with Gasteiger partial charge in [0, 0.05) is 16.5 Å². The summed E-state index contributed by atoms with van der Waals surface area (Å²) in [5, 5.41) is 20.5. The van der Waals surface area contributed by atoms with Gasteiger partial charge in [-0.2, -0.15) is 0 Å². The first-order valence-electron chi connectivity index (χ1n) is 15.3. The van der Waals surface area contributed by atoms with E-state index in [0.717, 1.165) is 32.1 Å². The fraction of sp³-hybridized carbons (Fsp3) is 0.700. The fourth-order valence-electron chi connectivity index (χ4n) is 6.00. The zero-order valence-corrected chi connectivity index (χ0v) is 27.3. The molecule has 4 atom stereocenters. The minimum absolute atomic E-state index is 0.0112. The summed E-state index contributed by atoms with van der Waals surface area (Å²) in [6.07, 6.45) is 4.97. The minimum atomic E-state index is -4.09. The summed E-state index contributed by atoms with van der Waals surface area (Å²) in [5.41, 5.74) is 0.390. The number of benzene rings is 1. The first-order valence-corrected chi connectivity index (χ1v) is 17.3. The molecule has 1 saturated carbocycles. The molecule has 242 valence electrons. The van der Waals surface area contributed by atoms with Crippen molar-refractivity contribution < 1.29 is 37.8 Å². The second kappa shape index (κ2) is 16.2. The van der Waals surface area contributed by atoms with E-state index in [0.29, 0.717) is 17.0 Å². The molecule has 2 aliphatic rings. The van der Waals surface area contributed by atoms with E-state index in [4.69, 9.17) is 25.4 Å². The topological polar surface area (TPSA) is 152 Å². The second-order valence-corrected chi connectivity index (χ2v) is 14.5. The van der Waals surface area contributed by atoms with Crippen molar-refractivity contribution in [3.8, 4) is 0 Å². The molecule has 0 radical (unpaired) electrons. The maximum absolute atomic E-state index is 13.7. The van der Waals surface area contributed by atoms with E-state index < -0.39 is 43.4 Å². The Hall–Kier alpha value is -2.17. The third kappa shape index (κ3) is 10.2. The van der Waals surface area contributed by atoms with Gasteiger partial charge in [0.15, 0.2) is 5.85 Å². The number of hydrogen-bond acceptors (Lipinski definition) is 8. The lowest BCUT2D eigenvalue weighted by Gasteiger charge is -2.34. The van der Waals surface area contributed by atoms with Crippen molar-refractivity contribution in [2.75, 3.05) is 13.2 Å². The molecule has 13 heteroatoms. The van der Waals surface area contributed by atoms with E-state index in [-0.39, 0.29) is 50.0 Å². The Morgan fingerprint density at radius 1 is 1.14 bits per heavy atom. The van der Waals surface area contributed by atoms with Gasteiger partial charge in [0.1, 0.15) is 12.6 Å². The van der Waals surface area contributed by atoms with E-state index in [1.54, 1.807) is 38.1 Å². The Kier molecular flexibility index (Phi) is 13.3. The van der Waals surface area contributed by atoms with Crippen molar-refractivity contribution in [3.63, 3.8) is 0 Å². The van der Waals surface area contributed by atoms with Crippen molar-refractivity contribution in [2.45, 2.75) is 109 Å². The molecule has 4 N–H and O–H groups in total. The number of halogens is 1. The summed E-state index contributed by atoms with van der Waals surface area (Å²) in [6, 6.07) is 4.70. The van der Waals surface area contributed by atoms with Crippen molar-refractivity contribution in [3.05, 3.63) is 34.9 Å². The number of ether oxygens (including phenoxy) is 1. The highest BCUT2D eigenvalue weighted by molar-refractivity contribution is 7.54. The molecule has 1 aromatic carbocycles. The van der Waals surface area contributed by atoms with Gasteiger partial charge in [-0.1, -0.05) is 56.8 Å². The van der Waals surface area contributed by atoms with Crippen molar-refractivity contribution in [2.24, 2.45) is 11.8 Å². The molecule has 0 aromatic heterocycles. The first kappa shape index (κ1) is 35.3. The molecule has 1 saturated heterocycles. The lowest BCUT2D eigenvalue weighted by Crippen LogP contribution is -2.53. The van der Waals surface area contributed by atoms with Gasteiger partial charge in [-0.3, -0.25) is 14.2 Å². The van der Waals surface area contributed by atoms with Crippen LogP contribution >= 0.6 is 19.2 Å². The van der Waals surface area contributed by atoms with Crippen LogP contribution in [0.1, 0.15) is 84.6 Å². The van der Waals surface area contributed by atoms with Gasteiger partial charge in [0.25, 0.3) is 0 Å². The standard InChI is InChI=1S/C30H47ClN3O8P/c1-5-41-43(39,42-6-2)28(37)25(17-22-18-30(34-26(22)35)13-8-7-9-14-30)32-27(36)24(15-20(3)4)33-29(38)40-19-21-11-10-12-23(31)16-21/h10-12,16,20,22,24-25,28,37H,5-9,13-15,17-19H2,1-4H3,(H,32,36)(H,33,38)(H,34,35)/t22?,24-,25?,28?/m1/s1. The summed E-state index contributed by atoms with van der Waals surface area (Å²) in [5.74, 6) is -3.01. The highest BCUT2D eigenvalue weighted by Crippen LogP contribution is 2.54. The predicted octanol–water partition coefficient (Wildman–Crippen LogP) is 5.28. The average Bonchev–Trinajstić information content (AvgIpc) is 3.24. The molecule has 1 spiro atoms.